The zero-order valence-electron chi connectivity index (χ0n) is 11.6. The molecule has 2 aromatic carbocycles. The molecule has 0 unspecified atom stereocenters. The van der Waals surface area contributed by atoms with E-state index in [0.717, 1.165) is 22.2 Å². The highest BCUT2D eigenvalue weighted by atomic mass is 32.1. The van der Waals surface area contributed by atoms with Crippen LogP contribution in [0.2, 0.25) is 0 Å². The standard InChI is InChI=1S/C17H15N3S/c1-11-6-8-13(9-7-11)19-17-14(16(18)21)10-12-4-2-3-5-15(12)20-17/h2-10H,1H3,(H2,18,21)(H,19,20). The number of hydrogen-bond donors (Lipinski definition) is 2. The van der Waals surface area contributed by atoms with E-state index in [9.17, 15) is 0 Å². The molecular formula is C17H15N3S. The first-order valence-corrected chi connectivity index (χ1v) is 7.07. The number of nitrogens with one attached hydrogen (secondary N) is 1. The summed E-state index contributed by atoms with van der Waals surface area (Å²) in [5, 5.41) is 4.32. The molecule has 0 saturated carbocycles. The van der Waals surface area contributed by atoms with Crippen molar-refractivity contribution in [3.05, 3.63) is 65.7 Å². The Bertz CT molecular complexity index is 810. The molecule has 0 aliphatic carbocycles. The van der Waals surface area contributed by atoms with Crippen LogP contribution in [0.15, 0.2) is 54.6 Å². The fraction of sp³-hybridized carbons (Fsp3) is 0.0588. The number of benzene rings is 2. The lowest BCUT2D eigenvalue weighted by atomic mass is 10.1. The molecule has 3 nitrogen and oxygen atoms in total. The molecule has 104 valence electrons. The van der Waals surface area contributed by atoms with Crippen molar-refractivity contribution in [2.45, 2.75) is 6.92 Å². The van der Waals surface area contributed by atoms with E-state index in [4.69, 9.17) is 18.0 Å². The van der Waals surface area contributed by atoms with Crippen LogP contribution in [0.4, 0.5) is 11.5 Å². The summed E-state index contributed by atoms with van der Waals surface area (Å²) < 4.78 is 0. The molecule has 0 fully saturated rings. The van der Waals surface area contributed by atoms with E-state index in [1.807, 2.05) is 54.6 Å². The Labute approximate surface area is 128 Å². The fourth-order valence-electron chi connectivity index (χ4n) is 2.17. The number of fused-ring (bicyclic) bond motifs is 1. The first-order valence-electron chi connectivity index (χ1n) is 6.67. The predicted molar refractivity (Wildman–Crippen MR) is 92.1 cm³/mol. The first-order chi connectivity index (χ1) is 10.1. The zero-order valence-corrected chi connectivity index (χ0v) is 12.4. The number of nitrogens with two attached hydrogens (primary N) is 1. The van der Waals surface area contributed by atoms with Gasteiger partial charge < -0.3 is 11.1 Å². The zero-order chi connectivity index (χ0) is 14.8. The lowest BCUT2D eigenvalue weighted by Gasteiger charge is -2.12. The van der Waals surface area contributed by atoms with Crippen molar-refractivity contribution in [2.24, 2.45) is 5.73 Å². The molecule has 0 spiro atoms. The molecule has 3 rings (SSSR count). The Morgan fingerprint density at radius 1 is 1.10 bits per heavy atom. The van der Waals surface area contributed by atoms with E-state index in [-0.39, 0.29) is 0 Å². The highest BCUT2D eigenvalue weighted by molar-refractivity contribution is 7.80. The van der Waals surface area contributed by atoms with Gasteiger partial charge in [0.1, 0.15) is 10.8 Å². The monoisotopic (exact) mass is 293 g/mol. The summed E-state index contributed by atoms with van der Waals surface area (Å²) in [6, 6.07) is 18.0. The number of hydrogen-bond acceptors (Lipinski definition) is 3. The second kappa shape index (κ2) is 5.50. The molecule has 1 heterocycles. The van der Waals surface area contributed by atoms with E-state index in [0.29, 0.717) is 10.8 Å². The molecule has 0 bridgehead atoms. The number of thiocarbonyl (C=S) groups is 1. The molecule has 21 heavy (non-hydrogen) atoms. The van der Waals surface area contributed by atoms with Crippen LogP contribution in [0.3, 0.4) is 0 Å². The maximum Gasteiger partial charge on any atom is 0.141 e. The topological polar surface area (TPSA) is 50.9 Å². The summed E-state index contributed by atoms with van der Waals surface area (Å²) >= 11 is 5.15. The van der Waals surface area contributed by atoms with Crippen molar-refractivity contribution in [2.75, 3.05) is 5.32 Å². The van der Waals surface area contributed by atoms with Gasteiger partial charge in [0.25, 0.3) is 0 Å². The van der Waals surface area contributed by atoms with E-state index in [1.165, 1.54) is 5.56 Å². The minimum Gasteiger partial charge on any atom is -0.389 e. The Kier molecular flexibility index (Phi) is 3.54. The summed E-state index contributed by atoms with van der Waals surface area (Å²) in [6.45, 7) is 2.05. The van der Waals surface area contributed by atoms with Gasteiger partial charge in [0.15, 0.2) is 0 Å². The van der Waals surface area contributed by atoms with Crippen molar-refractivity contribution in [3.63, 3.8) is 0 Å². The fourth-order valence-corrected chi connectivity index (χ4v) is 2.33. The van der Waals surface area contributed by atoms with E-state index in [2.05, 4.69) is 17.2 Å². The predicted octanol–water partition coefficient (Wildman–Crippen LogP) is 3.92. The van der Waals surface area contributed by atoms with Gasteiger partial charge in [0.2, 0.25) is 0 Å². The molecule has 3 aromatic rings. The van der Waals surface area contributed by atoms with Gasteiger partial charge in [-0.15, -0.1) is 0 Å². The number of rotatable bonds is 3. The summed E-state index contributed by atoms with van der Waals surface area (Å²) in [6.07, 6.45) is 0. The summed E-state index contributed by atoms with van der Waals surface area (Å²) in [7, 11) is 0. The lowest BCUT2D eigenvalue weighted by molar-refractivity contribution is 1.35. The number of nitrogens with zero attached hydrogens (tertiary/aromatic N) is 1. The van der Waals surface area contributed by atoms with Crippen molar-refractivity contribution in [1.29, 1.82) is 0 Å². The molecular weight excluding hydrogens is 278 g/mol. The van der Waals surface area contributed by atoms with Crippen LogP contribution in [-0.2, 0) is 0 Å². The van der Waals surface area contributed by atoms with E-state index in [1.54, 1.807) is 0 Å². The van der Waals surface area contributed by atoms with Gasteiger partial charge in [-0.3, -0.25) is 0 Å². The lowest BCUT2D eigenvalue weighted by Crippen LogP contribution is -2.13. The molecule has 1 aromatic heterocycles. The minimum absolute atomic E-state index is 0.336. The molecule has 3 N–H and O–H groups in total. The Morgan fingerprint density at radius 3 is 2.52 bits per heavy atom. The molecule has 0 amide bonds. The normalized spacial score (nSPS) is 10.5. The number of pyridine rings is 1. The van der Waals surface area contributed by atoms with Gasteiger partial charge in [-0.2, -0.15) is 0 Å². The number of aryl methyl sites for hydroxylation is 1. The van der Waals surface area contributed by atoms with E-state index >= 15 is 0 Å². The van der Waals surface area contributed by atoms with Crippen LogP contribution in [0.25, 0.3) is 10.9 Å². The Hall–Kier alpha value is -2.46. The second-order valence-corrected chi connectivity index (χ2v) is 5.37. The van der Waals surface area contributed by atoms with Gasteiger partial charge in [-0.25, -0.2) is 4.98 Å². The molecule has 0 radical (unpaired) electrons. The maximum atomic E-state index is 5.83. The average Bonchev–Trinajstić information content (AvgIpc) is 2.48. The summed E-state index contributed by atoms with van der Waals surface area (Å²) in [5.41, 5.74) is 9.67. The summed E-state index contributed by atoms with van der Waals surface area (Å²) in [5.74, 6) is 0.685. The second-order valence-electron chi connectivity index (χ2n) is 4.93. The SMILES string of the molecule is Cc1ccc(Nc2nc3ccccc3cc2C(N)=S)cc1. The quantitative estimate of drug-likeness (QED) is 0.719. The van der Waals surface area contributed by atoms with Crippen molar-refractivity contribution >= 4 is 39.6 Å². The molecule has 0 atom stereocenters. The first kappa shape index (κ1) is 13.5. The van der Waals surface area contributed by atoms with Gasteiger partial charge in [0, 0.05) is 11.1 Å². The number of para-hydroxylation sites is 1. The summed E-state index contributed by atoms with van der Waals surface area (Å²) in [4.78, 5) is 4.97. The minimum atomic E-state index is 0.336. The number of anilines is 2. The van der Waals surface area contributed by atoms with Crippen LogP contribution < -0.4 is 11.1 Å². The van der Waals surface area contributed by atoms with Gasteiger partial charge in [-0.1, -0.05) is 48.1 Å². The molecule has 4 heteroatoms. The Morgan fingerprint density at radius 2 is 1.81 bits per heavy atom. The highest BCUT2D eigenvalue weighted by Gasteiger charge is 2.09. The third-order valence-corrected chi connectivity index (χ3v) is 3.52. The van der Waals surface area contributed by atoms with E-state index < -0.39 is 0 Å². The van der Waals surface area contributed by atoms with Gasteiger partial charge in [0.05, 0.1) is 11.1 Å². The highest BCUT2D eigenvalue weighted by Crippen LogP contribution is 2.23. The van der Waals surface area contributed by atoms with Gasteiger partial charge in [-0.05, 0) is 31.2 Å². The third kappa shape index (κ3) is 2.85. The van der Waals surface area contributed by atoms with Crippen molar-refractivity contribution < 1.29 is 0 Å². The molecule has 0 aliphatic heterocycles. The van der Waals surface area contributed by atoms with Crippen LogP contribution in [0.5, 0.6) is 0 Å². The van der Waals surface area contributed by atoms with Crippen molar-refractivity contribution in [3.8, 4) is 0 Å². The van der Waals surface area contributed by atoms with Crippen LogP contribution in [-0.4, -0.2) is 9.97 Å². The van der Waals surface area contributed by atoms with Crippen LogP contribution in [0, 0.1) is 6.92 Å². The van der Waals surface area contributed by atoms with Crippen LogP contribution in [0.1, 0.15) is 11.1 Å². The third-order valence-electron chi connectivity index (χ3n) is 3.30. The van der Waals surface area contributed by atoms with Crippen molar-refractivity contribution in [1.82, 2.24) is 4.98 Å². The van der Waals surface area contributed by atoms with Gasteiger partial charge >= 0.3 is 0 Å². The Balaban J connectivity index is 2.09. The largest absolute Gasteiger partial charge is 0.389 e. The average molecular weight is 293 g/mol. The molecule has 0 aliphatic rings. The van der Waals surface area contributed by atoms with Crippen LogP contribution >= 0.6 is 12.2 Å². The maximum absolute atomic E-state index is 5.83. The smallest absolute Gasteiger partial charge is 0.141 e. The molecule has 0 saturated heterocycles. The number of aromatic nitrogens is 1.